The molecule has 0 saturated heterocycles. The second-order valence-electron chi connectivity index (χ2n) is 4.62. The van der Waals surface area contributed by atoms with E-state index < -0.39 is 17.5 Å². The van der Waals surface area contributed by atoms with Crippen molar-refractivity contribution in [2.75, 3.05) is 18.4 Å². The summed E-state index contributed by atoms with van der Waals surface area (Å²) in [4.78, 5) is 21.5. The molecule has 0 radical (unpaired) electrons. The number of anilines is 2. The summed E-state index contributed by atoms with van der Waals surface area (Å²) in [5.74, 6) is -4.49. The van der Waals surface area contributed by atoms with Crippen molar-refractivity contribution in [3.63, 3.8) is 0 Å². The minimum Gasteiger partial charge on any atom is -0.339 e. The van der Waals surface area contributed by atoms with Crippen molar-refractivity contribution in [2.45, 2.75) is 13.8 Å². The van der Waals surface area contributed by atoms with Crippen LogP contribution in [0.1, 0.15) is 24.2 Å². The Kier molecular flexibility index (Phi) is 5.15. The topological polar surface area (TPSA) is 58.1 Å². The van der Waals surface area contributed by atoms with Gasteiger partial charge < -0.3 is 10.2 Å². The van der Waals surface area contributed by atoms with Crippen LogP contribution in [0.25, 0.3) is 0 Å². The standard InChI is InChI=1S/C15H15F3N4O/c1-3-22(4-2)14(23)9-7-19-15(20-8-9)21-11-6-5-10(16)12(17)13(11)18/h5-8H,3-4H2,1-2H3,(H,19,20,21). The molecule has 0 unspecified atom stereocenters. The first kappa shape index (κ1) is 16.7. The van der Waals surface area contributed by atoms with Crippen LogP contribution in [0, 0.1) is 17.5 Å². The molecule has 2 rings (SSSR count). The van der Waals surface area contributed by atoms with Crippen LogP contribution in [0.4, 0.5) is 24.8 Å². The molecule has 1 aromatic carbocycles. The summed E-state index contributed by atoms with van der Waals surface area (Å²) < 4.78 is 39.6. The Morgan fingerprint density at radius 2 is 1.70 bits per heavy atom. The van der Waals surface area contributed by atoms with Gasteiger partial charge in [-0.1, -0.05) is 0 Å². The van der Waals surface area contributed by atoms with E-state index in [1.165, 1.54) is 12.4 Å². The zero-order valence-corrected chi connectivity index (χ0v) is 12.6. The molecule has 1 aromatic heterocycles. The number of hydrogen-bond donors (Lipinski definition) is 1. The van der Waals surface area contributed by atoms with Gasteiger partial charge in [-0.25, -0.2) is 23.1 Å². The molecule has 0 fully saturated rings. The van der Waals surface area contributed by atoms with Crippen LogP contribution in [0.2, 0.25) is 0 Å². The van der Waals surface area contributed by atoms with E-state index in [-0.39, 0.29) is 23.1 Å². The molecule has 0 atom stereocenters. The van der Waals surface area contributed by atoms with E-state index in [0.29, 0.717) is 13.1 Å². The van der Waals surface area contributed by atoms with Gasteiger partial charge in [0.2, 0.25) is 5.95 Å². The van der Waals surface area contributed by atoms with Crippen LogP contribution >= 0.6 is 0 Å². The van der Waals surface area contributed by atoms with Crippen molar-refractivity contribution in [3.8, 4) is 0 Å². The SMILES string of the molecule is CCN(CC)C(=O)c1cnc(Nc2ccc(F)c(F)c2F)nc1. The summed E-state index contributed by atoms with van der Waals surface area (Å²) in [6.45, 7) is 4.80. The summed E-state index contributed by atoms with van der Waals surface area (Å²) in [5.41, 5.74) is -0.0169. The lowest BCUT2D eigenvalue weighted by Gasteiger charge is -2.18. The normalized spacial score (nSPS) is 10.5. The molecular formula is C15H15F3N4O. The third-order valence-electron chi connectivity index (χ3n) is 3.23. The molecule has 0 bridgehead atoms. The summed E-state index contributed by atoms with van der Waals surface area (Å²) in [6.07, 6.45) is 2.57. The highest BCUT2D eigenvalue weighted by Crippen LogP contribution is 2.21. The zero-order valence-electron chi connectivity index (χ0n) is 12.6. The number of carbonyl (C=O) groups excluding carboxylic acids is 1. The van der Waals surface area contributed by atoms with Gasteiger partial charge in [0.05, 0.1) is 11.3 Å². The predicted octanol–water partition coefficient (Wildman–Crippen LogP) is 3.12. The summed E-state index contributed by atoms with van der Waals surface area (Å²) in [5, 5.41) is 2.43. The highest BCUT2D eigenvalue weighted by molar-refractivity contribution is 5.93. The van der Waals surface area contributed by atoms with Crippen molar-refractivity contribution in [2.24, 2.45) is 0 Å². The van der Waals surface area contributed by atoms with Gasteiger partial charge in [0.15, 0.2) is 17.5 Å². The number of nitrogens with zero attached hydrogens (tertiary/aromatic N) is 3. The Morgan fingerprint density at radius 1 is 1.09 bits per heavy atom. The average Bonchev–Trinajstić information content (AvgIpc) is 2.57. The van der Waals surface area contributed by atoms with E-state index in [2.05, 4.69) is 15.3 Å². The Bertz CT molecular complexity index is 703. The third kappa shape index (κ3) is 3.58. The van der Waals surface area contributed by atoms with E-state index in [1.807, 2.05) is 13.8 Å². The lowest BCUT2D eigenvalue weighted by atomic mass is 10.2. The van der Waals surface area contributed by atoms with Crippen molar-refractivity contribution in [3.05, 3.63) is 47.5 Å². The Morgan fingerprint density at radius 3 is 2.26 bits per heavy atom. The molecular weight excluding hydrogens is 309 g/mol. The molecule has 0 aliphatic carbocycles. The molecule has 0 spiro atoms. The van der Waals surface area contributed by atoms with Crippen LogP contribution in [-0.2, 0) is 0 Å². The first-order valence-corrected chi connectivity index (χ1v) is 6.99. The van der Waals surface area contributed by atoms with Crippen molar-refractivity contribution < 1.29 is 18.0 Å². The fraction of sp³-hybridized carbons (Fsp3) is 0.267. The molecule has 5 nitrogen and oxygen atoms in total. The average molecular weight is 324 g/mol. The Labute approximate surface area is 131 Å². The maximum Gasteiger partial charge on any atom is 0.256 e. The van der Waals surface area contributed by atoms with E-state index >= 15 is 0 Å². The largest absolute Gasteiger partial charge is 0.339 e. The van der Waals surface area contributed by atoms with Gasteiger partial charge >= 0.3 is 0 Å². The summed E-state index contributed by atoms with van der Waals surface area (Å²) in [6, 6.07) is 1.82. The predicted molar refractivity (Wildman–Crippen MR) is 78.9 cm³/mol. The zero-order chi connectivity index (χ0) is 17.0. The van der Waals surface area contributed by atoms with Crippen LogP contribution in [-0.4, -0.2) is 33.9 Å². The minimum atomic E-state index is -1.58. The number of halogens is 3. The second kappa shape index (κ2) is 7.08. The highest BCUT2D eigenvalue weighted by Gasteiger charge is 2.16. The summed E-state index contributed by atoms with van der Waals surface area (Å²) in [7, 11) is 0. The summed E-state index contributed by atoms with van der Waals surface area (Å²) >= 11 is 0. The Hall–Kier alpha value is -2.64. The van der Waals surface area contributed by atoms with Gasteiger partial charge in [0, 0.05) is 25.5 Å². The van der Waals surface area contributed by atoms with Gasteiger partial charge in [-0.3, -0.25) is 4.79 Å². The molecule has 0 aliphatic rings. The lowest BCUT2D eigenvalue weighted by molar-refractivity contribution is 0.0772. The number of amides is 1. The molecule has 8 heteroatoms. The maximum absolute atomic E-state index is 13.6. The fourth-order valence-electron chi connectivity index (χ4n) is 1.94. The fourth-order valence-corrected chi connectivity index (χ4v) is 1.94. The van der Waals surface area contributed by atoms with Crippen molar-refractivity contribution >= 4 is 17.5 Å². The van der Waals surface area contributed by atoms with E-state index in [0.717, 1.165) is 12.1 Å². The Balaban J connectivity index is 2.18. The quantitative estimate of drug-likeness (QED) is 0.859. The molecule has 2 aromatic rings. The van der Waals surface area contributed by atoms with E-state index in [9.17, 15) is 18.0 Å². The molecule has 1 N–H and O–H groups in total. The maximum atomic E-state index is 13.6. The molecule has 0 aliphatic heterocycles. The van der Waals surface area contributed by atoms with Crippen LogP contribution in [0.5, 0.6) is 0 Å². The molecule has 1 amide bonds. The van der Waals surface area contributed by atoms with Crippen molar-refractivity contribution in [1.82, 2.24) is 14.9 Å². The second-order valence-corrected chi connectivity index (χ2v) is 4.62. The molecule has 23 heavy (non-hydrogen) atoms. The van der Waals surface area contributed by atoms with Crippen molar-refractivity contribution in [1.29, 1.82) is 0 Å². The van der Waals surface area contributed by atoms with Gasteiger partial charge in [-0.05, 0) is 26.0 Å². The molecule has 1 heterocycles. The molecule has 0 saturated carbocycles. The number of aromatic nitrogens is 2. The number of carbonyl (C=O) groups is 1. The number of nitrogens with one attached hydrogen (secondary N) is 1. The first-order chi connectivity index (χ1) is 11.0. The van der Waals surface area contributed by atoms with Gasteiger partial charge in [0.25, 0.3) is 5.91 Å². The van der Waals surface area contributed by atoms with Gasteiger partial charge in [0.1, 0.15) is 0 Å². The first-order valence-electron chi connectivity index (χ1n) is 6.99. The third-order valence-corrected chi connectivity index (χ3v) is 3.23. The minimum absolute atomic E-state index is 0.0361. The van der Waals surface area contributed by atoms with E-state index in [1.54, 1.807) is 4.90 Å². The lowest BCUT2D eigenvalue weighted by Crippen LogP contribution is -2.30. The monoisotopic (exact) mass is 324 g/mol. The number of benzene rings is 1. The highest BCUT2D eigenvalue weighted by atomic mass is 19.2. The van der Waals surface area contributed by atoms with Crippen LogP contribution in [0.15, 0.2) is 24.5 Å². The van der Waals surface area contributed by atoms with E-state index in [4.69, 9.17) is 0 Å². The van der Waals surface area contributed by atoms with Gasteiger partial charge in [-0.2, -0.15) is 0 Å². The number of rotatable bonds is 5. The van der Waals surface area contributed by atoms with Gasteiger partial charge in [-0.15, -0.1) is 0 Å². The van der Waals surface area contributed by atoms with Crippen LogP contribution < -0.4 is 5.32 Å². The van der Waals surface area contributed by atoms with Crippen LogP contribution in [0.3, 0.4) is 0 Å². The molecule has 122 valence electrons. The number of hydrogen-bond acceptors (Lipinski definition) is 4. The smallest absolute Gasteiger partial charge is 0.256 e.